The van der Waals surface area contributed by atoms with E-state index in [1.54, 1.807) is 48.1 Å². The third kappa shape index (κ3) is 5.47. The summed E-state index contributed by atoms with van der Waals surface area (Å²) in [6, 6.07) is 13.0. The maximum atomic E-state index is 13.4. The van der Waals surface area contributed by atoms with Gasteiger partial charge in [-0.1, -0.05) is 39.8 Å². The van der Waals surface area contributed by atoms with Gasteiger partial charge in [0.25, 0.3) is 5.91 Å². The molecule has 0 aliphatic carbocycles. The number of fused-ring (bicyclic) bond motifs is 1. The van der Waals surface area contributed by atoms with Gasteiger partial charge in [0.15, 0.2) is 5.82 Å². The van der Waals surface area contributed by atoms with E-state index in [9.17, 15) is 9.18 Å². The molecule has 0 unspecified atom stereocenters. The molecule has 0 aliphatic heterocycles. The van der Waals surface area contributed by atoms with Crippen LogP contribution in [-0.4, -0.2) is 25.8 Å². The number of amides is 1. The van der Waals surface area contributed by atoms with Gasteiger partial charge in [0, 0.05) is 24.8 Å². The average Bonchev–Trinajstić information content (AvgIpc) is 3.23. The molecule has 32 heavy (non-hydrogen) atoms. The lowest BCUT2D eigenvalue weighted by atomic mass is 10.2. The molecule has 4 aromatic rings. The second kappa shape index (κ2) is 11.6. The fourth-order valence-corrected chi connectivity index (χ4v) is 2.94. The van der Waals surface area contributed by atoms with Gasteiger partial charge in [0.05, 0.1) is 22.5 Å². The van der Waals surface area contributed by atoms with Gasteiger partial charge in [0.2, 0.25) is 0 Å². The van der Waals surface area contributed by atoms with Gasteiger partial charge < -0.3 is 0 Å². The molecule has 4 rings (SSSR count). The van der Waals surface area contributed by atoms with Gasteiger partial charge in [0.1, 0.15) is 5.82 Å². The summed E-state index contributed by atoms with van der Waals surface area (Å²) in [5, 5.41) is 9.83. The minimum atomic E-state index is -0.375. The Morgan fingerprint density at radius 1 is 1.09 bits per heavy atom. The number of carbonyl (C=O) groups is 1. The van der Waals surface area contributed by atoms with Crippen molar-refractivity contribution in [3.05, 3.63) is 78.0 Å². The fourth-order valence-electron chi connectivity index (χ4n) is 2.94. The lowest BCUT2D eigenvalue weighted by Crippen LogP contribution is -2.23. The second-order valence-corrected chi connectivity index (χ2v) is 6.22. The number of halogens is 1. The van der Waals surface area contributed by atoms with Crippen LogP contribution in [0.15, 0.2) is 60.9 Å². The standard InChI is InChI=1S/C20H16FN5O2.2C2H6.H2/c1-12-17(11-22-19(23-12)14-3-2-4-15(21)9-14)20(27)24-26-8-7-13-10-16(25-28)5-6-18(13)26;2*1-2;/h2-11,25,28H,1H3,(H,24,27);2*1-2H3;1H. The summed E-state index contributed by atoms with van der Waals surface area (Å²) >= 11 is 0. The van der Waals surface area contributed by atoms with Gasteiger partial charge in [-0.15, -0.1) is 0 Å². The monoisotopic (exact) mass is 439 g/mol. The first kappa shape index (κ1) is 24.5. The predicted octanol–water partition coefficient (Wildman–Crippen LogP) is 6.03. The third-order valence-electron chi connectivity index (χ3n) is 4.35. The van der Waals surface area contributed by atoms with Crippen molar-refractivity contribution in [2.75, 3.05) is 10.9 Å². The van der Waals surface area contributed by atoms with Gasteiger partial charge in [-0.2, -0.15) is 0 Å². The van der Waals surface area contributed by atoms with E-state index < -0.39 is 0 Å². The highest BCUT2D eigenvalue weighted by atomic mass is 19.1. The van der Waals surface area contributed by atoms with Crippen LogP contribution in [0.1, 0.15) is 45.2 Å². The maximum absolute atomic E-state index is 13.4. The van der Waals surface area contributed by atoms with Crippen molar-refractivity contribution < 1.29 is 15.8 Å². The SMILES string of the molecule is CC.CC.Cc1nc(-c2cccc(F)c2)ncc1C(=O)Nn1ccc2cc(NO)ccc21.[HH]. The molecule has 0 atom stereocenters. The van der Waals surface area contributed by atoms with E-state index in [4.69, 9.17) is 5.21 Å². The second-order valence-electron chi connectivity index (χ2n) is 6.22. The van der Waals surface area contributed by atoms with E-state index in [1.807, 2.05) is 33.8 Å². The fraction of sp³-hybridized carbons (Fsp3) is 0.208. The molecular weight excluding hydrogens is 409 g/mol. The van der Waals surface area contributed by atoms with Crippen molar-refractivity contribution in [2.24, 2.45) is 0 Å². The van der Waals surface area contributed by atoms with E-state index >= 15 is 0 Å². The number of nitrogens with zero attached hydrogens (tertiary/aromatic N) is 3. The molecule has 7 nitrogen and oxygen atoms in total. The summed E-state index contributed by atoms with van der Waals surface area (Å²) in [4.78, 5) is 21.2. The van der Waals surface area contributed by atoms with Gasteiger partial charge in [-0.25, -0.2) is 14.4 Å². The molecule has 0 aliphatic rings. The Morgan fingerprint density at radius 2 is 1.84 bits per heavy atom. The smallest absolute Gasteiger partial charge is 0.273 e. The number of benzene rings is 2. The van der Waals surface area contributed by atoms with Crippen LogP contribution < -0.4 is 10.9 Å². The number of nitrogens with one attached hydrogen (secondary N) is 2. The lowest BCUT2D eigenvalue weighted by Gasteiger charge is -2.10. The number of hydrogen-bond acceptors (Lipinski definition) is 5. The van der Waals surface area contributed by atoms with E-state index in [2.05, 4.69) is 20.9 Å². The maximum Gasteiger partial charge on any atom is 0.273 e. The first-order valence-corrected chi connectivity index (χ1v) is 10.5. The number of hydrogen-bond donors (Lipinski definition) is 3. The topological polar surface area (TPSA) is 92.1 Å². The molecule has 0 saturated carbocycles. The molecule has 1 amide bonds. The predicted molar refractivity (Wildman–Crippen MR) is 128 cm³/mol. The van der Waals surface area contributed by atoms with Crippen molar-refractivity contribution >= 4 is 22.5 Å². The van der Waals surface area contributed by atoms with E-state index in [1.165, 1.54) is 18.3 Å². The lowest BCUT2D eigenvalue weighted by molar-refractivity contribution is 0.101. The zero-order valence-electron chi connectivity index (χ0n) is 18.8. The van der Waals surface area contributed by atoms with Crippen molar-refractivity contribution in [2.45, 2.75) is 34.6 Å². The highest BCUT2D eigenvalue weighted by Crippen LogP contribution is 2.20. The van der Waals surface area contributed by atoms with Crippen molar-refractivity contribution in [3.63, 3.8) is 0 Å². The number of aryl methyl sites for hydroxylation is 1. The molecule has 0 fully saturated rings. The Hall–Kier alpha value is -3.78. The van der Waals surface area contributed by atoms with Crippen LogP contribution in [0, 0.1) is 12.7 Å². The normalized spacial score (nSPS) is 9.84. The summed E-state index contributed by atoms with van der Waals surface area (Å²) < 4.78 is 15.0. The third-order valence-corrected chi connectivity index (χ3v) is 4.35. The van der Waals surface area contributed by atoms with Gasteiger partial charge in [-0.05, 0) is 43.3 Å². The van der Waals surface area contributed by atoms with Crippen molar-refractivity contribution in [1.82, 2.24) is 14.6 Å². The molecule has 2 heterocycles. The Kier molecular flexibility index (Phi) is 8.85. The molecule has 2 aromatic carbocycles. The van der Waals surface area contributed by atoms with Crippen molar-refractivity contribution in [1.29, 1.82) is 0 Å². The Bertz CT molecular complexity index is 1200. The molecule has 0 bridgehead atoms. The Morgan fingerprint density at radius 3 is 2.50 bits per heavy atom. The molecule has 0 saturated heterocycles. The quantitative estimate of drug-likeness (QED) is 0.338. The minimum absolute atomic E-state index is 0. The van der Waals surface area contributed by atoms with Crippen LogP contribution in [0.4, 0.5) is 10.1 Å². The van der Waals surface area contributed by atoms with Crippen LogP contribution >= 0.6 is 0 Å². The first-order valence-electron chi connectivity index (χ1n) is 10.5. The number of aromatic nitrogens is 3. The van der Waals surface area contributed by atoms with Crippen LogP contribution in [0.25, 0.3) is 22.3 Å². The summed E-state index contributed by atoms with van der Waals surface area (Å²) in [6.07, 6.45) is 3.14. The zero-order chi connectivity index (χ0) is 23.7. The molecular formula is C24H30FN5O2. The molecule has 170 valence electrons. The first-order chi connectivity index (χ1) is 15.5. The summed E-state index contributed by atoms with van der Waals surface area (Å²) in [5.74, 6) is -0.395. The molecule has 0 radical (unpaired) electrons. The van der Waals surface area contributed by atoms with Crippen LogP contribution in [0.3, 0.4) is 0 Å². The minimum Gasteiger partial charge on any atom is -0.291 e. The Labute approximate surface area is 188 Å². The summed E-state index contributed by atoms with van der Waals surface area (Å²) in [6.45, 7) is 9.70. The highest BCUT2D eigenvalue weighted by molar-refractivity contribution is 6.01. The number of rotatable bonds is 4. The average molecular weight is 440 g/mol. The van der Waals surface area contributed by atoms with E-state index in [0.29, 0.717) is 28.3 Å². The van der Waals surface area contributed by atoms with Gasteiger partial charge in [-0.3, -0.25) is 25.6 Å². The molecule has 3 N–H and O–H groups in total. The number of carbonyl (C=O) groups excluding carboxylic acids is 1. The van der Waals surface area contributed by atoms with Crippen LogP contribution in [-0.2, 0) is 0 Å². The van der Waals surface area contributed by atoms with E-state index in [-0.39, 0.29) is 13.2 Å². The summed E-state index contributed by atoms with van der Waals surface area (Å²) in [5.41, 5.74) is 7.52. The highest BCUT2D eigenvalue weighted by Gasteiger charge is 2.14. The number of anilines is 1. The molecule has 0 spiro atoms. The molecule has 2 aromatic heterocycles. The van der Waals surface area contributed by atoms with Crippen LogP contribution in [0.2, 0.25) is 0 Å². The van der Waals surface area contributed by atoms with Crippen LogP contribution in [0.5, 0.6) is 0 Å². The Balaban J connectivity index is 0.00000103. The summed E-state index contributed by atoms with van der Waals surface area (Å²) in [7, 11) is 0. The van der Waals surface area contributed by atoms with Crippen molar-refractivity contribution in [3.8, 4) is 11.4 Å². The van der Waals surface area contributed by atoms with E-state index in [0.717, 1.165) is 10.9 Å². The van der Waals surface area contributed by atoms with Gasteiger partial charge >= 0.3 is 0 Å². The zero-order valence-corrected chi connectivity index (χ0v) is 18.8. The largest absolute Gasteiger partial charge is 0.291 e. The molecule has 8 heteroatoms.